The molecule has 0 amide bonds. The molecule has 7 nitrogen and oxygen atoms in total. The van der Waals surface area contributed by atoms with Crippen molar-refractivity contribution in [1.82, 2.24) is 4.31 Å². The van der Waals surface area contributed by atoms with Gasteiger partial charge in [0.15, 0.2) is 0 Å². The van der Waals surface area contributed by atoms with Gasteiger partial charge in [-0.05, 0) is 72.1 Å². The Bertz CT molecular complexity index is 1280. The monoisotopic (exact) mass is 446 g/mol. The van der Waals surface area contributed by atoms with Gasteiger partial charge in [0, 0.05) is 18.8 Å². The van der Waals surface area contributed by atoms with Crippen molar-refractivity contribution in [3.05, 3.63) is 60.7 Å². The summed E-state index contributed by atoms with van der Waals surface area (Å²) in [4.78, 5) is 0.279. The van der Waals surface area contributed by atoms with E-state index in [0.717, 1.165) is 23.6 Å². The molecule has 0 bridgehead atoms. The van der Waals surface area contributed by atoms with E-state index in [1.165, 1.54) is 34.6 Å². The van der Waals surface area contributed by atoms with E-state index in [0.29, 0.717) is 24.5 Å². The molecule has 1 N–H and O–H groups in total. The number of anilines is 1. The maximum atomic E-state index is 12.8. The highest BCUT2D eigenvalue weighted by atomic mass is 32.2. The third-order valence-corrected chi connectivity index (χ3v) is 8.43. The summed E-state index contributed by atoms with van der Waals surface area (Å²) in [6, 6.07) is 16.0. The van der Waals surface area contributed by atoms with Crippen molar-refractivity contribution in [3.63, 3.8) is 0 Å². The van der Waals surface area contributed by atoms with E-state index < -0.39 is 20.0 Å². The minimum atomic E-state index is -3.83. The second-order valence-electron chi connectivity index (χ2n) is 7.12. The Morgan fingerprint density at radius 2 is 1.40 bits per heavy atom. The lowest BCUT2D eigenvalue weighted by Gasteiger charge is -2.16. The molecule has 0 atom stereocenters. The van der Waals surface area contributed by atoms with Crippen LogP contribution >= 0.6 is 0 Å². The van der Waals surface area contributed by atoms with Crippen LogP contribution in [-0.2, 0) is 20.0 Å². The number of hydrogen-bond acceptors (Lipinski definition) is 5. The van der Waals surface area contributed by atoms with Gasteiger partial charge in [-0.1, -0.05) is 12.1 Å². The van der Waals surface area contributed by atoms with Gasteiger partial charge in [-0.2, -0.15) is 4.31 Å². The number of ether oxygens (including phenoxy) is 1. The van der Waals surface area contributed by atoms with Gasteiger partial charge < -0.3 is 4.74 Å². The van der Waals surface area contributed by atoms with E-state index in [1.54, 1.807) is 31.4 Å². The standard InChI is InChI=1S/C21H22N2O5S2/c1-28-19-8-4-17-15-21(9-5-16(17)14-19)29(24,25)22-18-6-10-20(11-7-18)30(26,27)23-12-2-3-13-23/h4-11,14-15,22H,2-3,12-13H2,1H3. The molecule has 158 valence electrons. The molecule has 0 saturated carbocycles. The molecule has 30 heavy (non-hydrogen) atoms. The van der Waals surface area contributed by atoms with E-state index in [1.807, 2.05) is 6.07 Å². The SMILES string of the molecule is COc1ccc2cc(S(=O)(=O)Nc3ccc(S(=O)(=O)N4CCCC4)cc3)ccc2c1. The molecule has 0 aromatic heterocycles. The average molecular weight is 447 g/mol. The predicted molar refractivity (Wildman–Crippen MR) is 116 cm³/mol. The smallest absolute Gasteiger partial charge is 0.261 e. The third kappa shape index (κ3) is 4.00. The van der Waals surface area contributed by atoms with Crippen LogP contribution < -0.4 is 9.46 Å². The fourth-order valence-corrected chi connectivity index (χ4v) is 6.09. The number of fused-ring (bicyclic) bond motifs is 1. The first-order chi connectivity index (χ1) is 14.3. The number of methoxy groups -OCH3 is 1. The van der Waals surface area contributed by atoms with Crippen molar-refractivity contribution < 1.29 is 21.6 Å². The number of rotatable bonds is 6. The van der Waals surface area contributed by atoms with Crippen molar-refractivity contribution in [1.29, 1.82) is 0 Å². The third-order valence-electron chi connectivity index (χ3n) is 5.14. The lowest BCUT2D eigenvalue weighted by molar-refractivity contribution is 0.415. The van der Waals surface area contributed by atoms with Gasteiger partial charge in [-0.3, -0.25) is 4.72 Å². The van der Waals surface area contributed by atoms with Crippen molar-refractivity contribution >= 4 is 36.5 Å². The lowest BCUT2D eigenvalue weighted by atomic mass is 10.1. The van der Waals surface area contributed by atoms with Crippen LogP contribution in [0.15, 0.2) is 70.5 Å². The zero-order valence-corrected chi connectivity index (χ0v) is 18.0. The van der Waals surface area contributed by atoms with Gasteiger partial charge in [0.1, 0.15) is 5.75 Å². The number of sulfonamides is 2. The summed E-state index contributed by atoms with van der Waals surface area (Å²) in [6.45, 7) is 1.04. The van der Waals surface area contributed by atoms with Gasteiger partial charge in [-0.25, -0.2) is 16.8 Å². The van der Waals surface area contributed by atoms with E-state index in [4.69, 9.17) is 4.74 Å². The normalized spacial score (nSPS) is 15.4. The van der Waals surface area contributed by atoms with Crippen LogP contribution in [0.4, 0.5) is 5.69 Å². The fraction of sp³-hybridized carbons (Fsp3) is 0.238. The summed E-state index contributed by atoms with van der Waals surface area (Å²) in [5.41, 5.74) is 0.296. The Hall–Kier alpha value is -2.62. The average Bonchev–Trinajstić information content (AvgIpc) is 3.29. The quantitative estimate of drug-likeness (QED) is 0.626. The number of hydrogen-bond donors (Lipinski definition) is 1. The van der Waals surface area contributed by atoms with E-state index in [2.05, 4.69) is 4.72 Å². The molecule has 0 unspecified atom stereocenters. The molecule has 4 rings (SSSR count). The minimum Gasteiger partial charge on any atom is -0.497 e. The summed E-state index contributed by atoms with van der Waals surface area (Å²) >= 11 is 0. The second kappa shape index (κ2) is 7.90. The number of nitrogens with zero attached hydrogens (tertiary/aromatic N) is 1. The molecule has 1 saturated heterocycles. The minimum absolute atomic E-state index is 0.119. The van der Waals surface area contributed by atoms with Crippen LogP contribution in [0.2, 0.25) is 0 Å². The first-order valence-corrected chi connectivity index (χ1v) is 12.4. The van der Waals surface area contributed by atoms with Crippen LogP contribution in [0.1, 0.15) is 12.8 Å². The van der Waals surface area contributed by atoms with Gasteiger partial charge in [0.2, 0.25) is 10.0 Å². The summed E-state index contributed by atoms with van der Waals surface area (Å²) in [6.07, 6.45) is 1.71. The molecule has 0 spiro atoms. The van der Waals surface area contributed by atoms with Gasteiger partial charge in [0.05, 0.1) is 16.9 Å². The summed E-state index contributed by atoms with van der Waals surface area (Å²) in [5.74, 6) is 0.695. The molecule has 1 aliphatic rings. The zero-order chi connectivity index (χ0) is 21.4. The molecular weight excluding hydrogens is 424 g/mol. The molecule has 1 fully saturated rings. The fourth-order valence-electron chi connectivity index (χ4n) is 3.48. The summed E-state index contributed by atoms with van der Waals surface area (Å²) in [5, 5.41) is 1.63. The number of benzene rings is 3. The Labute approximate surface area is 176 Å². The van der Waals surface area contributed by atoms with Crippen LogP contribution in [0, 0.1) is 0 Å². The maximum absolute atomic E-state index is 12.8. The van der Waals surface area contributed by atoms with Gasteiger partial charge in [0.25, 0.3) is 10.0 Å². The van der Waals surface area contributed by atoms with Crippen molar-refractivity contribution in [2.24, 2.45) is 0 Å². The van der Waals surface area contributed by atoms with Crippen LogP contribution in [0.25, 0.3) is 10.8 Å². The highest BCUT2D eigenvalue weighted by Gasteiger charge is 2.27. The highest BCUT2D eigenvalue weighted by Crippen LogP contribution is 2.26. The Morgan fingerprint density at radius 1 is 0.800 bits per heavy atom. The second-order valence-corrected chi connectivity index (χ2v) is 10.7. The van der Waals surface area contributed by atoms with Crippen LogP contribution in [-0.4, -0.2) is 41.3 Å². The van der Waals surface area contributed by atoms with Crippen LogP contribution in [0.5, 0.6) is 5.75 Å². The summed E-state index contributed by atoms with van der Waals surface area (Å²) in [7, 11) is -5.79. The molecule has 1 aliphatic heterocycles. The Balaban J connectivity index is 1.56. The molecule has 3 aromatic carbocycles. The molecule has 3 aromatic rings. The van der Waals surface area contributed by atoms with E-state index in [-0.39, 0.29) is 9.79 Å². The highest BCUT2D eigenvalue weighted by molar-refractivity contribution is 7.92. The molecular formula is C21H22N2O5S2. The van der Waals surface area contributed by atoms with Crippen LogP contribution in [0.3, 0.4) is 0 Å². The van der Waals surface area contributed by atoms with Crippen molar-refractivity contribution in [2.75, 3.05) is 24.9 Å². The largest absolute Gasteiger partial charge is 0.497 e. The predicted octanol–water partition coefficient (Wildman–Crippen LogP) is 3.43. The van der Waals surface area contributed by atoms with E-state index >= 15 is 0 Å². The summed E-state index contributed by atoms with van der Waals surface area (Å²) < 4.78 is 59.9. The topological polar surface area (TPSA) is 92.8 Å². The van der Waals surface area contributed by atoms with E-state index in [9.17, 15) is 16.8 Å². The van der Waals surface area contributed by atoms with Crippen molar-refractivity contribution in [2.45, 2.75) is 22.6 Å². The molecule has 1 heterocycles. The Morgan fingerprint density at radius 3 is 2.07 bits per heavy atom. The van der Waals surface area contributed by atoms with Crippen molar-refractivity contribution in [3.8, 4) is 5.75 Å². The molecule has 9 heteroatoms. The Kier molecular flexibility index (Phi) is 5.44. The first-order valence-electron chi connectivity index (χ1n) is 9.50. The molecule has 0 radical (unpaired) electrons. The molecule has 0 aliphatic carbocycles. The lowest BCUT2D eigenvalue weighted by Crippen LogP contribution is -2.27. The van der Waals surface area contributed by atoms with Gasteiger partial charge in [-0.15, -0.1) is 0 Å². The maximum Gasteiger partial charge on any atom is 0.261 e. The number of nitrogens with one attached hydrogen (secondary N) is 1. The van der Waals surface area contributed by atoms with Gasteiger partial charge >= 0.3 is 0 Å². The first kappa shape index (κ1) is 20.6. The zero-order valence-electron chi connectivity index (χ0n) is 16.4.